The lowest BCUT2D eigenvalue weighted by Gasteiger charge is -2.25. The Hall–Kier alpha value is -1.06. The van der Waals surface area contributed by atoms with Gasteiger partial charge in [-0.3, -0.25) is 9.59 Å². The molecule has 1 rings (SSSR count). The number of esters is 2. The van der Waals surface area contributed by atoms with Gasteiger partial charge in [-0.1, -0.05) is 65.2 Å². The zero-order chi connectivity index (χ0) is 18.5. The van der Waals surface area contributed by atoms with Gasteiger partial charge in [-0.2, -0.15) is 0 Å². The average molecular weight is 355 g/mol. The number of methoxy groups -OCH3 is 1. The highest BCUT2D eigenvalue weighted by Crippen LogP contribution is 2.30. The van der Waals surface area contributed by atoms with Crippen molar-refractivity contribution in [1.82, 2.24) is 0 Å². The highest BCUT2D eigenvalue weighted by atomic mass is 16.5. The van der Waals surface area contributed by atoms with Crippen LogP contribution in [0, 0.1) is 17.8 Å². The van der Waals surface area contributed by atoms with Crippen molar-refractivity contribution in [1.29, 1.82) is 0 Å². The summed E-state index contributed by atoms with van der Waals surface area (Å²) in [5.74, 6) is 0.251. The Labute approximate surface area is 154 Å². The molecule has 1 fully saturated rings. The molecule has 0 spiro atoms. The third-order valence-electron chi connectivity index (χ3n) is 5.21. The summed E-state index contributed by atoms with van der Waals surface area (Å²) in [7, 11) is 1.41. The van der Waals surface area contributed by atoms with Crippen molar-refractivity contribution in [2.45, 2.75) is 90.9 Å². The van der Waals surface area contributed by atoms with Gasteiger partial charge in [-0.25, -0.2) is 0 Å². The van der Waals surface area contributed by atoms with Crippen LogP contribution in [0.25, 0.3) is 0 Å². The molecule has 0 radical (unpaired) electrons. The van der Waals surface area contributed by atoms with Crippen LogP contribution in [0.1, 0.15) is 90.9 Å². The van der Waals surface area contributed by atoms with E-state index in [1.54, 1.807) is 0 Å². The summed E-state index contributed by atoms with van der Waals surface area (Å²) >= 11 is 0. The summed E-state index contributed by atoms with van der Waals surface area (Å²) in [4.78, 5) is 23.8. The molecule has 0 saturated heterocycles. The summed E-state index contributed by atoms with van der Waals surface area (Å²) in [6.45, 7) is 5.08. The molecule has 146 valence electrons. The Morgan fingerprint density at radius 3 is 2.04 bits per heavy atom. The van der Waals surface area contributed by atoms with Crippen LogP contribution < -0.4 is 0 Å². The van der Waals surface area contributed by atoms with Crippen LogP contribution in [0.3, 0.4) is 0 Å². The SMILES string of the molecule is COC(=O)C1CCCC(C(=O)OCCCCCCCCCC(C)C)C1. The maximum atomic E-state index is 12.1. The van der Waals surface area contributed by atoms with E-state index in [9.17, 15) is 9.59 Å². The molecule has 1 aliphatic rings. The van der Waals surface area contributed by atoms with E-state index in [1.165, 1.54) is 45.6 Å². The Kier molecular flexibility index (Phi) is 11.6. The summed E-state index contributed by atoms with van der Waals surface area (Å²) in [5, 5.41) is 0. The van der Waals surface area contributed by atoms with Crippen LogP contribution in [0.4, 0.5) is 0 Å². The van der Waals surface area contributed by atoms with Crippen molar-refractivity contribution >= 4 is 11.9 Å². The van der Waals surface area contributed by atoms with Crippen LogP contribution in [0.2, 0.25) is 0 Å². The third-order valence-corrected chi connectivity index (χ3v) is 5.21. The Morgan fingerprint density at radius 1 is 0.880 bits per heavy atom. The van der Waals surface area contributed by atoms with Gasteiger partial charge in [0.2, 0.25) is 0 Å². The van der Waals surface area contributed by atoms with Gasteiger partial charge in [0.05, 0.1) is 25.6 Å². The standard InChI is InChI=1S/C21H38O4/c1-17(2)12-9-7-5-4-6-8-10-15-25-21(23)19-14-11-13-18(16-19)20(22)24-3/h17-19H,4-16H2,1-3H3. The van der Waals surface area contributed by atoms with Crippen molar-refractivity contribution in [2.75, 3.05) is 13.7 Å². The molecule has 0 aromatic carbocycles. The summed E-state index contributed by atoms with van der Waals surface area (Å²) in [5.41, 5.74) is 0. The number of carbonyl (C=O) groups is 2. The molecule has 4 heteroatoms. The fourth-order valence-electron chi connectivity index (χ4n) is 3.61. The molecule has 0 N–H and O–H groups in total. The number of ether oxygens (including phenoxy) is 2. The van der Waals surface area contributed by atoms with E-state index in [2.05, 4.69) is 13.8 Å². The second-order valence-corrected chi connectivity index (χ2v) is 7.91. The topological polar surface area (TPSA) is 52.6 Å². The molecule has 1 aliphatic carbocycles. The summed E-state index contributed by atoms with van der Waals surface area (Å²) in [6, 6.07) is 0. The van der Waals surface area contributed by atoms with E-state index in [-0.39, 0.29) is 23.8 Å². The first kappa shape index (κ1) is 22.0. The Balaban J connectivity index is 2.00. The molecule has 0 aliphatic heterocycles. The van der Waals surface area contributed by atoms with Crippen LogP contribution in [-0.2, 0) is 19.1 Å². The Bertz CT molecular complexity index is 378. The second kappa shape index (κ2) is 13.2. The lowest BCUT2D eigenvalue weighted by Crippen LogP contribution is -2.29. The first-order valence-electron chi connectivity index (χ1n) is 10.3. The number of unbranched alkanes of at least 4 members (excludes halogenated alkanes) is 6. The molecule has 4 nitrogen and oxygen atoms in total. The first-order valence-corrected chi connectivity index (χ1v) is 10.3. The van der Waals surface area contributed by atoms with Gasteiger partial charge in [0, 0.05) is 0 Å². The van der Waals surface area contributed by atoms with Crippen molar-refractivity contribution in [2.24, 2.45) is 17.8 Å². The quantitative estimate of drug-likeness (QED) is 0.353. The lowest BCUT2D eigenvalue weighted by atomic mass is 9.81. The molecule has 0 heterocycles. The van der Waals surface area contributed by atoms with Gasteiger partial charge >= 0.3 is 11.9 Å². The maximum absolute atomic E-state index is 12.1. The van der Waals surface area contributed by atoms with Gasteiger partial charge in [-0.05, 0) is 31.6 Å². The minimum atomic E-state index is -0.189. The normalized spacial score (nSPS) is 20.5. The van der Waals surface area contributed by atoms with E-state index in [1.807, 2.05) is 0 Å². The van der Waals surface area contributed by atoms with Crippen LogP contribution in [0.15, 0.2) is 0 Å². The zero-order valence-electron chi connectivity index (χ0n) is 16.6. The van der Waals surface area contributed by atoms with E-state index in [0.29, 0.717) is 13.0 Å². The molecular formula is C21H38O4. The molecule has 2 atom stereocenters. The van der Waals surface area contributed by atoms with Crippen molar-refractivity contribution in [3.05, 3.63) is 0 Å². The largest absolute Gasteiger partial charge is 0.469 e. The van der Waals surface area contributed by atoms with E-state index in [4.69, 9.17) is 9.47 Å². The predicted octanol–water partition coefficient (Wildman–Crippen LogP) is 5.29. The highest BCUT2D eigenvalue weighted by molar-refractivity contribution is 5.76. The van der Waals surface area contributed by atoms with Gasteiger partial charge in [0.25, 0.3) is 0 Å². The number of rotatable bonds is 12. The van der Waals surface area contributed by atoms with Crippen molar-refractivity contribution in [3.8, 4) is 0 Å². The van der Waals surface area contributed by atoms with Gasteiger partial charge < -0.3 is 9.47 Å². The monoisotopic (exact) mass is 354 g/mol. The van der Waals surface area contributed by atoms with E-state index >= 15 is 0 Å². The molecule has 1 saturated carbocycles. The van der Waals surface area contributed by atoms with Crippen molar-refractivity contribution < 1.29 is 19.1 Å². The minimum absolute atomic E-state index is 0.123. The van der Waals surface area contributed by atoms with Crippen molar-refractivity contribution in [3.63, 3.8) is 0 Å². The molecule has 0 amide bonds. The van der Waals surface area contributed by atoms with Gasteiger partial charge in [-0.15, -0.1) is 0 Å². The minimum Gasteiger partial charge on any atom is -0.469 e. The summed E-state index contributed by atoms with van der Waals surface area (Å²) < 4.78 is 10.2. The average Bonchev–Trinajstić information content (AvgIpc) is 2.62. The van der Waals surface area contributed by atoms with E-state index < -0.39 is 0 Å². The van der Waals surface area contributed by atoms with Crippen LogP contribution >= 0.6 is 0 Å². The van der Waals surface area contributed by atoms with Gasteiger partial charge in [0.15, 0.2) is 0 Å². The number of hydrogen-bond donors (Lipinski definition) is 0. The molecular weight excluding hydrogens is 316 g/mol. The van der Waals surface area contributed by atoms with Crippen LogP contribution in [0.5, 0.6) is 0 Å². The molecule has 25 heavy (non-hydrogen) atoms. The number of hydrogen-bond acceptors (Lipinski definition) is 4. The molecule has 2 unspecified atom stereocenters. The second-order valence-electron chi connectivity index (χ2n) is 7.91. The first-order chi connectivity index (χ1) is 12.0. The molecule has 0 aromatic rings. The Morgan fingerprint density at radius 2 is 1.44 bits per heavy atom. The van der Waals surface area contributed by atoms with Gasteiger partial charge in [0.1, 0.15) is 0 Å². The van der Waals surface area contributed by atoms with Crippen LogP contribution in [-0.4, -0.2) is 25.7 Å². The highest BCUT2D eigenvalue weighted by Gasteiger charge is 2.32. The summed E-state index contributed by atoms with van der Waals surface area (Å²) in [6.07, 6.45) is 13.1. The third kappa shape index (κ3) is 9.86. The molecule has 0 bridgehead atoms. The fraction of sp³-hybridized carbons (Fsp3) is 0.905. The number of carbonyl (C=O) groups excluding carboxylic acids is 2. The van der Waals surface area contributed by atoms with E-state index in [0.717, 1.165) is 38.0 Å². The zero-order valence-corrected chi connectivity index (χ0v) is 16.6. The predicted molar refractivity (Wildman–Crippen MR) is 100 cm³/mol. The lowest BCUT2D eigenvalue weighted by molar-refractivity contribution is -0.153. The smallest absolute Gasteiger partial charge is 0.308 e. The molecule has 0 aromatic heterocycles. The fourth-order valence-corrected chi connectivity index (χ4v) is 3.61. The maximum Gasteiger partial charge on any atom is 0.308 e.